The summed E-state index contributed by atoms with van der Waals surface area (Å²) in [4.78, 5) is 15.3. The molecule has 0 unspecified atom stereocenters. The molecule has 0 radical (unpaired) electrons. The zero-order valence-corrected chi connectivity index (χ0v) is 22.2. The van der Waals surface area contributed by atoms with Crippen LogP contribution in [0.25, 0.3) is 15.3 Å². The average Bonchev–Trinajstić information content (AvgIpc) is 3.55. The topological polar surface area (TPSA) is 29.1 Å². The second-order valence-electron chi connectivity index (χ2n) is 8.69. The van der Waals surface area contributed by atoms with Gasteiger partial charge in [0.1, 0.15) is 0 Å². The van der Waals surface area contributed by atoms with Gasteiger partial charge < -0.3 is 5.32 Å². The molecule has 1 N–H and O–H groups in total. The molecule has 6 rings (SSSR count). The fraction of sp³-hybridized carbons (Fsp3) is 0.250. The van der Waals surface area contributed by atoms with Gasteiger partial charge in [0.2, 0.25) is 5.91 Å². The predicted molar refractivity (Wildman–Crippen MR) is 149 cm³/mol. The van der Waals surface area contributed by atoms with Crippen molar-refractivity contribution in [2.45, 2.75) is 40.6 Å². The van der Waals surface area contributed by atoms with E-state index in [1.54, 1.807) is 40.4 Å². The molecule has 34 heavy (non-hydrogen) atoms. The van der Waals surface area contributed by atoms with Gasteiger partial charge >= 0.3 is 0 Å². The van der Waals surface area contributed by atoms with Crippen LogP contribution in [0.2, 0.25) is 0 Å². The Morgan fingerprint density at radius 3 is 2.65 bits per heavy atom. The molecule has 3 aromatic rings. The van der Waals surface area contributed by atoms with Gasteiger partial charge in [-0.05, 0) is 89.6 Å². The summed E-state index contributed by atoms with van der Waals surface area (Å²) in [6, 6.07) is 13.2. The van der Waals surface area contributed by atoms with Crippen LogP contribution in [-0.4, -0.2) is 17.9 Å². The van der Waals surface area contributed by atoms with Crippen molar-refractivity contribution in [3.8, 4) is 9.75 Å². The lowest BCUT2D eigenvalue weighted by Gasteiger charge is -2.32. The lowest BCUT2D eigenvalue weighted by Crippen LogP contribution is -2.26. The Hall–Kier alpha value is -1.99. The first-order chi connectivity index (χ1) is 16.7. The molecule has 3 aliphatic carbocycles. The van der Waals surface area contributed by atoms with Crippen molar-refractivity contribution in [3.05, 3.63) is 88.0 Å². The van der Waals surface area contributed by atoms with E-state index in [4.69, 9.17) is 0 Å². The second-order valence-corrected chi connectivity index (χ2v) is 13.2. The minimum atomic E-state index is 0.0956. The van der Waals surface area contributed by atoms with Gasteiger partial charge in [0.25, 0.3) is 0 Å². The number of allylic oxidation sites excluding steroid dienone is 6. The summed E-state index contributed by atoms with van der Waals surface area (Å²) in [5, 5.41) is 3.18. The number of nitrogens with one attached hydrogen (secondary N) is 1. The van der Waals surface area contributed by atoms with Gasteiger partial charge in [-0.1, -0.05) is 35.9 Å². The zero-order valence-electron chi connectivity index (χ0n) is 19.0. The van der Waals surface area contributed by atoms with E-state index < -0.39 is 0 Å². The third-order valence-corrected chi connectivity index (χ3v) is 11.4. The molecule has 2 aromatic heterocycles. The second kappa shape index (κ2) is 9.57. The number of amides is 1. The number of benzene rings is 1. The summed E-state index contributed by atoms with van der Waals surface area (Å²) in [6.07, 6.45) is 13.4. The fourth-order valence-corrected chi connectivity index (χ4v) is 8.66. The van der Waals surface area contributed by atoms with E-state index in [0.717, 1.165) is 19.3 Å². The van der Waals surface area contributed by atoms with Crippen molar-refractivity contribution in [1.82, 2.24) is 5.32 Å². The predicted octanol–water partition coefficient (Wildman–Crippen LogP) is 7.75. The molecule has 1 aromatic carbocycles. The summed E-state index contributed by atoms with van der Waals surface area (Å²) >= 11 is 7.01. The summed E-state index contributed by atoms with van der Waals surface area (Å²) < 4.78 is 2.52. The number of hydrogen-bond acceptors (Lipinski definition) is 5. The number of hydrogen-bond donors (Lipinski definition) is 1. The van der Waals surface area contributed by atoms with Crippen LogP contribution in [-0.2, 0) is 24.2 Å². The lowest BCUT2D eigenvalue weighted by atomic mass is 9.72. The number of thioether (sulfide) groups is 2. The molecule has 2 nitrogen and oxygen atoms in total. The monoisotopic (exact) mass is 519 g/mol. The summed E-state index contributed by atoms with van der Waals surface area (Å²) in [6.45, 7) is 0.603. The molecule has 3 aliphatic rings. The van der Waals surface area contributed by atoms with Crippen LogP contribution in [0.3, 0.4) is 0 Å². The quantitative estimate of drug-likeness (QED) is 0.324. The maximum atomic E-state index is 12.7. The molecule has 0 saturated heterocycles. The number of aryl methyl sites for hydroxylation is 1. The molecule has 0 fully saturated rings. The van der Waals surface area contributed by atoms with Crippen LogP contribution in [0.15, 0.2) is 74.2 Å². The third-order valence-electron chi connectivity index (χ3n) is 6.70. The average molecular weight is 520 g/mol. The van der Waals surface area contributed by atoms with E-state index in [1.165, 1.54) is 58.0 Å². The first-order valence-corrected chi connectivity index (χ1v) is 15.4. The number of carbonyl (C=O) groups excluding carboxylic acids is 1. The molecule has 6 heteroatoms. The van der Waals surface area contributed by atoms with Crippen molar-refractivity contribution in [1.29, 1.82) is 0 Å². The molecule has 0 atom stereocenters. The van der Waals surface area contributed by atoms with Crippen LogP contribution >= 0.6 is 46.2 Å². The minimum Gasteiger partial charge on any atom is -0.351 e. The molecule has 2 heterocycles. The molecular weight excluding hydrogens is 495 g/mol. The first kappa shape index (κ1) is 22.5. The fourth-order valence-electron chi connectivity index (χ4n) is 5.07. The first-order valence-electron chi connectivity index (χ1n) is 11.6. The lowest BCUT2D eigenvalue weighted by molar-refractivity contribution is -0.118. The molecule has 0 saturated carbocycles. The largest absolute Gasteiger partial charge is 0.351 e. The highest BCUT2D eigenvalue weighted by atomic mass is 32.2. The summed E-state index contributed by atoms with van der Waals surface area (Å²) in [5.41, 5.74) is 10.1. The van der Waals surface area contributed by atoms with Crippen molar-refractivity contribution in [2.75, 3.05) is 12.0 Å². The van der Waals surface area contributed by atoms with Crippen molar-refractivity contribution < 1.29 is 4.79 Å². The van der Waals surface area contributed by atoms with Gasteiger partial charge in [0.15, 0.2) is 0 Å². The molecule has 1 amide bonds. The Bertz CT molecular complexity index is 1370. The normalized spacial score (nSPS) is 15.9. The van der Waals surface area contributed by atoms with E-state index in [1.807, 2.05) is 11.3 Å². The van der Waals surface area contributed by atoms with Crippen LogP contribution in [0.1, 0.15) is 35.1 Å². The highest BCUT2D eigenvalue weighted by Crippen LogP contribution is 2.45. The SMILES string of the molecule is CSc1ccc(-c2ccc(SCC(=O)NCc3ccc4c5c3CC=C3C=CCC(=C35)CC4)s2)s1. The maximum Gasteiger partial charge on any atom is 0.230 e. The molecule has 0 spiro atoms. The standard InChI is InChI=1S/C28H25NOS4/c1-31-25-13-11-22(33-25)23-12-14-26(34-23)32-16-24(30)29-15-20-8-7-19-6-5-17-3-2-4-18-9-10-21(20)28(19)27(17)18/h2,4,7-9,11-14H,3,5-6,10,15-16H2,1H3,(H,29,30). The maximum absolute atomic E-state index is 12.7. The Morgan fingerprint density at radius 2 is 1.82 bits per heavy atom. The number of rotatable bonds is 7. The van der Waals surface area contributed by atoms with E-state index in [-0.39, 0.29) is 5.91 Å². The Kier molecular flexibility index (Phi) is 6.33. The third kappa shape index (κ3) is 4.26. The van der Waals surface area contributed by atoms with Gasteiger partial charge in [-0.15, -0.1) is 46.2 Å². The highest BCUT2D eigenvalue weighted by molar-refractivity contribution is 8.01. The molecular formula is C28H25NOS4. The Morgan fingerprint density at radius 1 is 1.00 bits per heavy atom. The number of thiophene rings is 2. The molecule has 172 valence electrons. The highest BCUT2D eigenvalue weighted by Gasteiger charge is 2.28. The van der Waals surface area contributed by atoms with Gasteiger partial charge in [0, 0.05) is 16.3 Å². The van der Waals surface area contributed by atoms with E-state index in [2.05, 4.69) is 66.2 Å². The van der Waals surface area contributed by atoms with Crippen molar-refractivity contribution in [3.63, 3.8) is 0 Å². The minimum absolute atomic E-state index is 0.0956. The molecule has 0 bridgehead atoms. The smallest absolute Gasteiger partial charge is 0.230 e. The Balaban J connectivity index is 1.10. The van der Waals surface area contributed by atoms with E-state index in [0.29, 0.717) is 12.3 Å². The van der Waals surface area contributed by atoms with E-state index in [9.17, 15) is 4.79 Å². The van der Waals surface area contributed by atoms with E-state index >= 15 is 0 Å². The Labute approximate surface area is 217 Å². The van der Waals surface area contributed by atoms with Crippen LogP contribution in [0, 0.1) is 0 Å². The van der Waals surface area contributed by atoms with Crippen molar-refractivity contribution >= 4 is 57.7 Å². The van der Waals surface area contributed by atoms with Crippen LogP contribution in [0.5, 0.6) is 0 Å². The number of carbonyl (C=O) groups is 1. The van der Waals surface area contributed by atoms with Crippen molar-refractivity contribution in [2.24, 2.45) is 0 Å². The summed E-state index contributed by atoms with van der Waals surface area (Å²) in [5.74, 6) is 0.545. The van der Waals surface area contributed by atoms with Gasteiger partial charge in [-0.25, -0.2) is 0 Å². The molecule has 0 aliphatic heterocycles. The van der Waals surface area contributed by atoms with Crippen LogP contribution < -0.4 is 5.32 Å². The van der Waals surface area contributed by atoms with Gasteiger partial charge in [0.05, 0.1) is 14.2 Å². The summed E-state index contributed by atoms with van der Waals surface area (Å²) in [7, 11) is 0. The van der Waals surface area contributed by atoms with Gasteiger partial charge in [-0.3, -0.25) is 4.79 Å². The van der Waals surface area contributed by atoms with Gasteiger partial charge in [-0.2, -0.15) is 0 Å². The van der Waals surface area contributed by atoms with Crippen LogP contribution in [0.4, 0.5) is 0 Å². The zero-order chi connectivity index (χ0) is 23.1.